The SMILES string of the molecule is c1ccc(C2(c3ccccc3)c3ccccc3-c3ccc(-c4ccc5oc6cccc(-c7nc(-c8cccc9oc%10ccccc%10c89)nc(-c8cccc9oc%10ccccc%10c89)n7)c6c5c4)cc32)cc1. The molecule has 15 rings (SSSR count). The molecule has 0 unspecified atom stereocenters. The summed E-state index contributed by atoms with van der Waals surface area (Å²) in [5, 5.41) is 5.79. The molecule has 70 heavy (non-hydrogen) atoms. The molecular formula is C64H37N3O3. The lowest BCUT2D eigenvalue weighted by atomic mass is 9.67. The second-order valence-electron chi connectivity index (χ2n) is 18.1. The summed E-state index contributed by atoms with van der Waals surface area (Å²) in [4.78, 5) is 16.1. The molecule has 0 amide bonds. The molecular weight excluding hydrogens is 859 g/mol. The van der Waals surface area contributed by atoms with Gasteiger partial charge in [0.1, 0.15) is 33.5 Å². The van der Waals surface area contributed by atoms with Gasteiger partial charge in [-0.05, 0) is 93.0 Å². The highest BCUT2D eigenvalue weighted by molar-refractivity contribution is 6.15. The summed E-state index contributed by atoms with van der Waals surface area (Å²) >= 11 is 0. The van der Waals surface area contributed by atoms with Crippen LogP contribution in [0.5, 0.6) is 0 Å². The van der Waals surface area contributed by atoms with E-state index in [-0.39, 0.29) is 0 Å². The fourth-order valence-corrected chi connectivity index (χ4v) is 11.5. The van der Waals surface area contributed by atoms with Crippen molar-refractivity contribution >= 4 is 65.8 Å². The van der Waals surface area contributed by atoms with Crippen LogP contribution in [0.15, 0.2) is 238 Å². The number of nitrogens with zero attached hydrogens (tertiary/aromatic N) is 3. The Morgan fingerprint density at radius 1 is 0.271 bits per heavy atom. The Kier molecular flexibility index (Phi) is 8.18. The number of aromatic nitrogens is 3. The highest BCUT2D eigenvalue weighted by Crippen LogP contribution is 2.57. The average Bonchev–Trinajstić information content (AvgIpc) is 4.19. The van der Waals surface area contributed by atoms with Crippen LogP contribution in [0.1, 0.15) is 22.3 Å². The molecule has 0 atom stereocenters. The fourth-order valence-electron chi connectivity index (χ4n) is 11.5. The van der Waals surface area contributed by atoms with Crippen molar-refractivity contribution in [1.82, 2.24) is 15.0 Å². The Labute approximate surface area is 400 Å². The van der Waals surface area contributed by atoms with Crippen molar-refractivity contribution in [2.75, 3.05) is 0 Å². The van der Waals surface area contributed by atoms with Crippen LogP contribution in [-0.2, 0) is 5.41 Å². The number of hydrogen-bond acceptors (Lipinski definition) is 6. The van der Waals surface area contributed by atoms with Crippen LogP contribution >= 0.6 is 0 Å². The molecule has 0 saturated carbocycles. The Hall–Kier alpha value is -9.39. The number of fused-ring (bicyclic) bond motifs is 12. The molecule has 0 saturated heterocycles. The molecule has 0 fully saturated rings. The second-order valence-corrected chi connectivity index (χ2v) is 18.1. The van der Waals surface area contributed by atoms with E-state index >= 15 is 0 Å². The molecule has 14 aromatic rings. The van der Waals surface area contributed by atoms with Crippen LogP contribution in [0, 0.1) is 0 Å². The van der Waals surface area contributed by atoms with Crippen LogP contribution in [0.4, 0.5) is 0 Å². The molecule has 0 radical (unpaired) electrons. The zero-order valence-corrected chi connectivity index (χ0v) is 37.4. The van der Waals surface area contributed by atoms with Gasteiger partial charge in [0.2, 0.25) is 0 Å². The predicted molar refractivity (Wildman–Crippen MR) is 281 cm³/mol. The first-order chi connectivity index (χ1) is 34.7. The molecule has 6 heteroatoms. The van der Waals surface area contributed by atoms with E-state index in [1.165, 1.54) is 33.4 Å². The van der Waals surface area contributed by atoms with Crippen molar-refractivity contribution in [3.8, 4) is 56.4 Å². The number of para-hydroxylation sites is 2. The van der Waals surface area contributed by atoms with Gasteiger partial charge in [-0.25, -0.2) is 15.0 Å². The maximum absolute atomic E-state index is 6.70. The smallest absolute Gasteiger partial charge is 0.164 e. The number of rotatable bonds is 6. The number of benzene rings is 10. The molecule has 0 N–H and O–H groups in total. The molecule has 1 aliphatic rings. The maximum Gasteiger partial charge on any atom is 0.164 e. The highest BCUT2D eigenvalue weighted by atomic mass is 16.3. The fraction of sp³-hybridized carbons (Fsp3) is 0.0156. The largest absolute Gasteiger partial charge is 0.456 e. The van der Waals surface area contributed by atoms with Gasteiger partial charge < -0.3 is 13.3 Å². The number of hydrogen-bond donors (Lipinski definition) is 0. The summed E-state index contributed by atoms with van der Waals surface area (Å²) in [6.07, 6.45) is 0. The third-order valence-electron chi connectivity index (χ3n) is 14.4. The highest BCUT2D eigenvalue weighted by Gasteiger charge is 2.46. The Balaban J connectivity index is 0.957. The average molecular weight is 896 g/mol. The van der Waals surface area contributed by atoms with E-state index in [1.54, 1.807) is 0 Å². The van der Waals surface area contributed by atoms with Crippen LogP contribution in [-0.4, -0.2) is 15.0 Å². The van der Waals surface area contributed by atoms with Crippen molar-refractivity contribution < 1.29 is 13.3 Å². The summed E-state index contributed by atoms with van der Waals surface area (Å²) in [6.45, 7) is 0. The van der Waals surface area contributed by atoms with Crippen LogP contribution in [0.3, 0.4) is 0 Å². The molecule has 0 bridgehead atoms. The lowest BCUT2D eigenvalue weighted by molar-refractivity contribution is 0.668. The minimum absolute atomic E-state index is 0.516. The van der Waals surface area contributed by atoms with Crippen LogP contribution < -0.4 is 0 Å². The van der Waals surface area contributed by atoms with E-state index in [4.69, 9.17) is 28.2 Å². The van der Waals surface area contributed by atoms with Gasteiger partial charge in [-0.3, -0.25) is 0 Å². The van der Waals surface area contributed by atoms with Crippen molar-refractivity contribution in [3.63, 3.8) is 0 Å². The van der Waals surface area contributed by atoms with Gasteiger partial charge in [0.15, 0.2) is 17.5 Å². The predicted octanol–water partition coefficient (Wildman–Crippen LogP) is 16.6. The van der Waals surface area contributed by atoms with Gasteiger partial charge in [-0.1, -0.05) is 176 Å². The molecule has 6 nitrogen and oxygen atoms in total. The van der Waals surface area contributed by atoms with Crippen molar-refractivity contribution in [3.05, 3.63) is 247 Å². The van der Waals surface area contributed by atoms with Crippen LogP contribution in [0.2, 0.25) is 0 Å². The molecule has 0 spiro atoms. The first kappa shape index (κ1) is 38.7. The summed E-state index contributed by atoms with van der Waals surface area (Å²) in [6, 6.07) is 78.8. The van der Waals surface area contributed by atoms with Crippen LogP contribution in [0.25, 0.3) is 122 Å². The quantitative estimate of drug-likeness (QED) is 0.165. The molecule has 4 aromatic heterocycles. The van der Waals surface area contributed by atoms with E-state index in [9.17, 15) is 0 Å². The third kappa shape index (κ3) is 5.53. The van der Waals surface area contributed by atoms with E-state index in [2.05, 4.69) is 152 Å². The minimum atomic E-state index is -0.516. The van der Waals surface area contributed by atoms with E-state index in [0.717, 1.165) is 93.6 Å². The maximum atomic E-state index is 6.70. The van der Waals surface area contributed by atoms with E-state index in [1.807, 2.05) is 72.8 Å². The zero-order valence-electron chi connectivity index (χ0n) is 37.4. The molecule has 1 aliphatic carbocycles. The summed E-state index contributed by atoms with van der Waals surface area (Å²) in [5.74, 6) is 1.60. The molecule has 4 heterocycles. The lowest BCUT2D eigenvalue weighted by Crippen LogP contribution is -2.28. The van der Waals surface area contributed by atoms with Crippen molar-refractivity contribution in [2.24, 2.45) is 0 Å². The second kappa shape index (κ2) is 14.8. The zero-order chi connectivity index (χ0) is 45.9. The minimum Gasteiger partial charge on any atom is -0.456 e. The summed E-state index contributed by atoms with van der Waals surface area (Å²) in [5.41, 5.74) is 16.4. The molecule has 10 aromatic carbocycles. The first-order valence-electron chi connectivity index (χ1n) is 23.6. The van der Waals surface area contributed by atoms with Gasteiger partial charge in [0.25, 0.3) is 0 Å². The first-order valence-corrected chi connectivity index (χ1v) is 23.6. The summed E-state index contributed by atoms with van der Waals surface area (Å²) in [7, 11) is 0. The lowest BCUT2D eigenvalue weighted by Gasteiger charge is -2.34. The van der Waals surface area contributed by atoms with Gasteiger partial charge in [-0.2, -0.15) is 0 Å². The number of furan rings is 3. The topological polar surface area (TPSA) is 78.1 Å². The molecule has 0 aliphatic heterocycles. The van der Waals surface area contributed by atoms with Crippen molar-refractivity contribution in [1.29, 1.82) is 0 Å². The standard InChI is InChI=1S/C64H37N3O3/c1-3-16-40(17-4-1)64(41-18-5-2-6-19-41)50-26-10-7-20-42(50)43-34-32-39(37-51(43)64)38-33-35-54-49(36-38)60-48(25-15-31-57(60)70-54)63-66-61(46-23-13-29-55-58(46)44-21-8-11-27-52(44)68-55)65-62(67-63)47-24-14-30-56-59(47)45-22-9-12-28-53(45)69-56/h1-37H. The summed E-state index contributed by atoms with van der Waals surface area (Å²) < 4.78 is 19.5. The van der Waals surface area contributed by atoms with Gasteiger partial charge in [-0.15, -0.1) is 0 Å². The van der Waals surface area contributed by atoms with Gasteiger partial charge in [0, 0.05) is 49.0 Å². The van der Waals surface area contributed by atoms with E-state index < -0.39 is 5.41 Å². The van der Waals surface area contributed by atoms with Gasteiger partial charge in [0.05, 0.1) is 5.41 Å². The third-order valence-corrected chi connectivity index (χ3v) is 14.4. The van der Waals surface area contributed by atoms with Crippen molar-refractivity contribution in [2.45, 2.75) is 5.41 Å². The Morgan fingerprint density at radius 2 is 0.671 bits per heavy atom. The monoisotopic (exact) mass is 895 g/mol. The van der Waals surface area contributed by atoms with E-state index in [0.29, 0.717) is 17.5 Å². The molecule has 326 valence electrons. The normalized spacial score (nSPS) is 13.0. The Bertz CT molecular complexity index is 4260. The Morgan fingerprint density at radius 3 is 1.23 bits per heavy atom. The van der Waals surface area contributed by atoms with Gasteiger partial charge >= 0.3 is 0 Å².